The molecule has 4 heteroatoms. The Morgan fingerprint density at radius 1 is 1.54 bits per heavy atom. The Balaban J connectivity index is 2.40. The van der Waals surface area contributed by atoms with Gasteiger partial charge in [0, 0.05) is 18.6 Å². The number of aliphatic carboxylic acids is 1. The van der Waals surface area contributed by atoms with Gasteiger partial charge in [0.15, 0.2) is 5.78 Å². The summed E-state index contributed by atoms with van der Waals surface area (Å²) in [7, 11) is 0. The second-order valence-corrected chi connectivity index (χ2v) is 3.05. The minimum absolute atomic E-state index is 0.0690. The molecule has 4 nitrogen and oxygen atoms in total. The molecule has 0 aromatic rings. The van der Waals surface area contributed by atoms with E-state index in [1.54, 1.807) is 0 Å². The number of rotatable bonds is 4. The zero-order valence-corrected chi connectivity index (χ0v) is 7.28. The molecule has 1 unspecified atom stereocenters. The molecule has 1 saturated heterocycles. The summed E-state index contributed by atoms with van der Waals surface area (Å²) in [6, 6.07) is 0. The lowest BCUT2D eigenvalue weighted by molar-refractivity contribution is -0.135. The number of Topliss-reactive ketones (excluding diaryl/α,β-unsaturated/α-hetero) is 1. The van der Waals surface area contributed by atoms with Crippen molar-refractivity contribution in [3.63, 3.8) is 0 Å². The minimum Gasteiger partial charge on any atom is -0.478 e. The number of hydrogen-bond donors (Lipinski definition) is 1. The molecular formula is C9H12O4. The number of hydrogen-bond acceptors (Lipinski definition) is 3. The van der Waals surface area contributed by atoms with Crippen molar-refractivity contribution in [3.8, 4) is 0 Å². The highest BCUT2D eigenvalue weighted by Crippen LogP contribution is 2.15. The van der Waals surface area contributed by atoms with Crippen molar-refractivity contribution in [2.24, 2.45) is 0 Å². The normalized spacial score (nSPS) is 21.4. The molecule has 13 heavy (non-hydrogen) atoms. The highest BCUT2D eigenvalue weighted by Gasteiger charge is 2.24. The lowest BCUT2D eigenvalue weighted by Crippen LogP contribution is -2.20. The van der Waals surface area contributed by atoms with Crippen molar-refractivity contribution in [2.75, 3.05) is 6.61 Å². The third-order valence-electron chi connectivity index (χ3n) is 1.98. The van der Waals surface area contributed by atoms with Crippen LogP contribution in [0.2, 0.25) is 0 Å². The SMILES string of the molecule is C=C(CC(=O)C1CCCO1)C(=O)O. The molecule has 0 amide bonds. The van der Waals surface area contributed by atoms with Crippen molar-refractivity contribution in [1.29, 1.82) is 0 Å². The molecule has 1 aliphatic rings. The molecule has 0 saturated carbocycles. The van der Waals surface area contributed by atoms with E-state index in [4.69, 9.17) is 9.84 Å². The van der Waals surface area contributed by atoms with Gasteiger partial charge in [-0.1, -0.05) is 6.58 Å². The lowest BCUT2D eigenvalue weighted by Gasteiger charge is -2.07. The third-order valence-corrected chi connectivity index (χ3v) is 1.98. The van der Waals surface area contributed by atoms with Gasteiger partial charge in [0.05, 0.1) is 0 Å². The quantitative estimate of drug-likeness (QED) is 0.655. The topological polar surface area (TPSA) is 63.6 Å². The van der Waals surface area contributed by atoms with Crippen molar-refractivity contribution in [2.45, 2.75) is 25.4 Å². The Kier molecular flexibility index (Phi) is 3.19. The van der Waals surface area contributed by atoms with Gasteiger partial charge < -0.3 is 9.84 Å². The summed E-state index contributed by atoms with van der Waals surface area (Å²) in [4.78, 5) is 21.7. The maximum Gasteiger partial charge on any atom is 0.331 e. The van der Waals surface area contributed by atoms with Crippen LogP contribution in [-0.2, 0) is 14.3 Å². The van der Waals surface area contributed by atoms with Gasteiger partial charge in [0.25, 0.3) is 0 Å². The van der Waals surface area contributed by atoms with Crippen molar-refractivity contribution in [3.05, 3.63) is 12.2 Å². The van der Waals surface area contributed by atoms with Crippen molar-refractivity contribution in [1.82, 2.24) is 0 Å². The van der Waals surface area contributed by atoms with E-state index in [2.05, 4.69) is 6.58 Å². The molecule has 0 aromatic heterocycles. The number of ketones is 1. The van der Waals surface area contributed by atoms with E-state index in [0.717, 1.165) is 6.42 Å². The average Bonchev–Trinajstić information content (AvgIpc) is 2.55. The maximum absolute atomic E-state index is 11.3. The van der Waals surface area contributed by atoms with Crippen LogP contribution in [-0.4, -0.2) is 29.6 Å². The van der Waals surface area contributed by atoms with Crippen LogP contribution in [0.5, 0.6) is 0 Å². The Morgan fingerprint density at radius 2 is 2.23 bits per heavy atom. The summed E-state index contributed by atoms with van der Waals surface area (Å²) in [5.74, 6) is -1.30. The molecule has 1 N–H and O–H groups in total. The molecular weight excluding hydrogens is 172 g/mol. The van der Waals surface area contributed by atoms with E-state index >= 15 is 0 Å². The molecule has 72 valence electrons. The summed E-state index contributed by atoms with van der Waals surface area (Å²) in [5.41, 5.74) is -0.0690. The first-order valence-corrected chi connectivity index (χ1v) is 4.16. The van der Waals surface area contributed by atoms with E-state index in [-0.39, 0.29) is 17.8 Å². The molecule has 0 aromatic carbocycles. The fraction of sp³-hybridized carbons (Fsp3) is 0.556. The van der Waals surface area contributed by atoms with E-state index < -0.39 is 12.1 Å². The van der Waals surface area contributed by atoms with Gasteiger partial charge in [-0.25, -0.2) is 4.79 Å². The molecule has 1 heterocycles. The second-order valence-electron chi connectivity index (χ2n) is 3.05. The molecule has 1 fully saturated rings. The first kappa shape index (κ1) is 9.92. The van der Waals surface area contributed by atoms with Crippen LogP contribution in [0.4, 0.5) is 0 Å². The van der Waals surface area contributed by atoms with Crippen LogP contribution in [0, 0.1) is 0 Å². The van der Waals surface area contributed by atoms with Crippen LogP contribution >= 0.6 is 0 Å². The summed E-state index contributed by atoms with van der Waals surface area (Å²) in [5, 5.41) is 8.48. The van der Waals surface area contributed by atoms with Crippen molar-refractivity contribution >= 4 is 11.8 Å². The lowest BCUT2D eigenvalue weighted by atomic mass is 10.1. The summed E-state index contributed by atoms with van der Waals surface area (Å²) in [6.07, 6.45) is 1.05. The highest BCUT2D eigenvalue weighted by molar-refractivity contribution is 5.95. The molecule has 1 aliphatic heterocycles. The van der Waals surface area contributed by atoms with E-state index in [9.17, 15) is 9.59 Å². The summed E-state index contributed by atoms with van der Waals surface area (Å²) >= 11 is 0. The predicted octanol–water partition coefficient (Wildman–Crippen LogP) is 0.765. The zero-order chi connectivity index (χ0) is 9.84. The number of carbonyl (C=O) groups excluding carboxylic acids is 1. The van der Waals surface area contributed by atoms with E-state index in [1.165, 1.54) is 0 Å². The van der Waals surface area contributed by atoms with Crippen molar-refractivity contribution < 1.29 is 19.4 Å². The zero-order valence-electron chi connectivity index (χ0n) is 7.28. The van der Waals surface area contributed by atoms with Gasteiger partial charge >= 0.3 is 5.97 Å². The average molecular weight is 184 g/mol. The molecule has 0 bridgehead atoms. The van der Waals surface area contributed by atoms with Gasteiger partial charge in [-0.3, -0.25) is 4.79 Å². The first-order valence-electron chi connectivity index (χ1n) is 4.16. The third kappa shape index (κ3) is 2.66. The van der Waals surface area contributed by atoms with Gasteiger partial charge in [0.1, 0.15) is 6.10 Å². The number of carboxylic acid groups (broad SMARTS) is 1. The standard InChI is InChI=1S/C9H12O4/c1-6(9(11)12)5-7(10)8-3-2-4-13-8/h8H,1-5H2,(H,11,12). The van der Waals surface area contributed by atoms with Crippen LogP contribution in [0.25, 0.3) is 0 Å². The Morgan fingerprint density at radius 3 is 2.69 bits per heavy atom. The monoisotopic (exact) mass is 184 g/mol. The predicted molar refractivity (Wildman–Crippen MR) is 45.4 cm³/mol. The molecule has 0 aliphatic carbocycles. The summed E-state index contributed by atoms with van der Waals surface area (Å²) in [6.45, 7) is 3.88. The highest BCUT2D eigenvalue weighted by atomic mass is 16.5. The Labute approximate surface area is 76.2 Å². The summed E-state index contributed by atoms with van der Waals surface area (Å²) < 4.78 is 5.11. The largest absolute Gasteiger partial charge is 0.478 e. The van der Waals surface area contributed by atoms with Gasteiger partial charge in [0.2, 0.25) is 0 Å². The second kappa shape index (κ2) is 4.18. The van der Waals surface area contributed by atoms with E-state index in [1.807, 2.05) is 0 Å². The Bertz CT molecular complexity index is 238. The number of ether oxygens (including phenoxy) is 1. The molecule has 1 rings (SSSR count). The van der Waals surface area contributed by atoms with Gasteiger partial charge in [-0.05, 0) is 12.8 Å². The minimum atomic E-state index is -1.12. The smallest absolute Gasteiger partial charge is 0.331 e. The van der Waals surface area contributed by atoms with Crippen LogP contribution < -0.4 is 0 Å². The Hall–Kier alpha value is -1.16. The maximum atomic E-state index is 11.3. The number of carboxylic acids is 1. The fourth-order valence-corrected chi connectivity index (χ4v) is 1.23. The van der Waals surface area contributed by atoms with Gasteiger partial charge in [-0.15, -0.1) is 0 Å². The van der Waals surface area contributed by atoms with Gasteiger partial charge in [-0.2, -0.15) is 0 Å². The molecule has 0 radical (unpaired) electrons. The van der Waals surface area contributed by atoms with Crippen LogP contribution in [0.3, 0.4) is 0 Å². The van der Waals surface area contributed by atoms with Crippen LogP contribution in [0.1, 0.15) is 19.3 Å². The fourth-order valence-electron chi connectivity index (χ4n) is 1.23. The number of carbonyl (C=O) groups is 2. The van der Waals surface area contributed by atoms with E-state index in [0.29, 0.717) is 13.0 Å². The van der Waals surface area contributed by atoms with Crippen LogP contribution in [0.15, 0.2) is 12.2 Å². The molecule has 0 spiro atoms. The first-order chi connectivity index (χ1) is 6.11. The molecule has 1 atom stereocenters.